The highest BCUT2D eigenvalue weighted by atomic mass is 79.9. The SMILES string of the molecule is CN(Cc1ccc(Br)o1)C(=O)OCc1ccccc1. The predicted octanol–water partition coefficient (Wildman–Crippen LogP) is 3.81. The fourth-order valence-electron chi connectivity index (χ4n) is 1.56. The molecule has 0 unspecified atom stereocenters. The minimum atomic E-state index is -0.378. The summed E-state index contributed by atoms with van der Waals surface area (Å²) in [4.78, 5) is 13.2. The highest BCUT2D eigenvalue weighted by Crippen LogP contribution is 2.15. The zero-order valence-corrected chi connectivity index (χ0v) is 12.1. The molecule has 1 amide bonds. The molecule has 0 fully saturated rings. The smallest absolute Gasteiger partial charge is 0.410 e. The normalized spacial score (nSPS) is 10.2. The Morgan fingerprint density at radius 3 is 2.63 bits per heavy atom. The second-order valence-corrected chi connectivity index (χ2v) is 4.88. The van der Waals surface area contributed by atoms with Crippen molar-refractivity contribution in [1.29, 1.82) is 0 Å². The second-order valence-electron chi connectivity index (χ2n) is 4.10. The molecule has 1 heterocycles. The number of benzene rings is 1. The zero-order valence-electron chi connectivity index (χ0n) is 10.5. The first-order chi connectivity index (χ1) is 9.15. The number of amides is 1. The van der Waals surface area contributed by atoms with Gasteiger partial charge in [-0.1, -0.05) is 30.3 Å². The van der Waals surface area contributed by atoms with Crippen LogP contribution in [-0.4, -0.2) is 18.0 Å². The van der Waals surface area contributed by atoms with E-state index in [0.29, 0.717) is 17.0 Å². The van der Waals surface area contributed by atoms with Gasteiger partial charge in [-0.2, -0.15) is 0 Å². The maximum atomic E-state index is 11.8. The van der Waals surface area contributed by atoms with E-state index in [-0.39, 0.29) is 12.7 Å². The van der Waals surface area contributed by atoms with Crippen molar-refractivity contribution < 1.29 is 13.9 Å². The molecule has 2 aromatic rings. The Labute approximate surface area is 120 Å². The quantitative estimate of drug-likeness (QED) is 0.859. The van der Waals surface area contributed by atoms with E-state index in [1.165, 1.54) is 4.90 Å². The largest absolute Gasteiger partial charge is 0.452 e. The van der Waals surface area contributed by atoms with Crippen LogP contribution in [0.4, 0.5) is 4.79 Å². The van der Waals surface area contributed by atoms with Crippen LogP contribution in [0.1, 0.15) is 11.3 Å². The summed E-state index contributed by atoms with van der Waals surface area (Å²) < 4.78 is 11.2. The van der Waals surface area contributed by atoms with Crippen molar-refractivity contribution in [2.75, 3.05) is 7.05 Å². The maximum absolute atomic E-state index is 11.8. The molecule has 1 aromatic carbocycles. The number of nitrogens with zero attached hydrogens (tertiary/aromatic N) is 1. The summed E-state index contributed by atoms with van der Waals surface area (Å²) in [5.74, 6) is 0.700. The van der Waals surface area contributed by atoms with Crippen LogP contribution in [0.5, 0.6) is 0 Å². The average Bonchev–Trinajstić information content (AvgIpc) is 2.82. The number of ether oxygens (including phenoxy) is 1. The fraction of sp³-hybridized carbons (Fsp3) is 0.214. The molecule has 100 valence electrons. The molecule has 0 saturated heterocycles. The van der Waals surface area contributed by atoms with Crippen molar-refractivity contribution in [2.24, 2.45) is 0 Å². The summed E-state index contributed by atoms with van der Waals surface area (Å²) in [6.07, 6.45) is -0.378. The number of hydrogen-bond donors (Lipinski definition) is 0. The van der Waals surface area contributed by atoms with Crippen molar-refractivity contribution >= 4 is 22.0 Å². The van der Waals surface area contributed by atoms with Crippen molar-refractivity contribution in [2.45, 2.75) is 13.2 Å². The molecule has 0 atom stereocenters. The Morgan fingerprint density at radius 2 is 2.00 bits per heavy atom. The zero-order chi connectivity index (χ0) is 13.7. The Balaban J connectivity index is 1.82. The predicted molar refractivity (Wildman–Crippen MR) is 74.5 cm³/mol. The third-order valence-electron chi connectivity index (χ3n) is 2.54. The van der Waals surface area contributed by atoms with Gasteiger partial charge < -0.3 is 14.1 Å². The molecule has 4 nitrogen and oxygen atoms in total. The van der Waals surface area contributed by atoms with Crippen LogP contribution in [-0.2, 0) is 17.9 Å². The Morgan fingerprint density at radius 1 is 1.26 bits per heavy atom. The molecule has 0 bridgehead atoms. The van der Waals surface area contributed by atoms with E-state index in [2.05, 4.69) is 15.9 Å². The van der Waals surface area contributed by atoms with Crippen molar-refractivity contribution in [3.63, 3.8) is 0 Å². The highest BCUT2D eigenvalue weighted by molar-refractivity contribution is 9.10. The molecule has 0 aliphatic rings. The molecule has 5 heteroatoms. The van der Waals surface area contributed by atoms with Gasteiger partial charge in [0.25, 0.3) is 0 Å². The average molecular weight is 324 g/mol. The Bertz CT molecular complexity index is 539. The monoisotopic (exact) mass is 323 g/mol. The summed E-state index contributed by atoms with van der Waals surface area (Å²) in [6, 6.07) is 13.2. The highest BCUT2D eigenvalue weighted by Gasteiger charge is 2.12. The number of halogens is 1. The van der Waals surface area contributed by atoms with Crippen LogP contribution >= 0.6 is 15.9 Å². The van der Waals surface area contributed by atoms with E-state index < -0.39 is 0 Å². The van der Waals surface area contributed by atoms with Gasteiger partial charge in [0.1, 0.15) is 12.4 Å². The lowest BCUT2D eigenvalue weighted by Gasteiger charge is -2.15. The Hall–Kier alpha value is -1.75. The molecule has 0 aliphatic carbocycles. The van der Waals surface area contributed by atoms with Crippen LogP contribution < -0.4 is 0 Å². The maximum Gasteiger partial charge on any atom is 0.410 e. The van der Waals surface area contributed by atoms with Crippen molar-refractivity contribution in [1.82, 2.24) is 4.90 Å². The first-order valence-corrected chi connectivity index (χ1v) is 6.60. The number of hydrogen-bond acceptors (Lipinski definition) is 3. The van der Waals surface area contributed by atoms with Crippen LogP contribution in [0, 0.1) is 0 Å². The van der Waals surface area contributed by atoms with Gasteiger partial charge >= 0.3 is 6.09 Å². The van der Waals surface area contributed by atoms with Crippen LogP contribution in [0.15, 0.2) is 51.6 Å². The van der Waals surface area contributed by atoms with Crippen molar-refractivity contribution in [3.05, 3.63) is 58.5 Å². The molecular formula is C14H14BrNO3. The van der Waals surface area contributed by atoms with Gasteiger partial charge in [-0.15, -0.1) is 0 Å². The van der Waals surface area contributed by atoms with Gasteiger partial charge in [-0.05, 0) is 33.6 Å². The summed E-state index contributed by atoms with van der Waals surface area (Å²) in [6.45, 7) is 0.644. The van der Waals surface area contributed by atoms with E-state index in [1.54, 1.807) is 13.1 Å². The van der Waals surface area contributed by atoms with E-state index in [1.807, 2.05) is 36.4 Å². The molecule has 0 N–H and O–H groups in total. The van der Waals surface area contributed by atoms with Gasteiger partial charge in [0.05, 0.1) is 6.54 Å². The number of furan rings is 1. The van der Waals surface area contributed by atoms with E-state index in [9.17, 15) is 4.79 Å². The first kappa shape index (κ1) is 13.7. The molecule has 19 heavy (non-hydrogen) atoms. The third kappa shape index (κ3) is 4.13. The lowest BCUT2D eigenvalue weighted by Crippen LogP contribution is -2.26. The van der Waals surface area contributed by atoms with E-state index in [4.69, 9.17) is 9.15 Å². The van der Waals surface area contributed by atoms with Gasteiger partial charge in [-0.3, -0.25) is 0 Å². The van der Waals surface area contributed by atoms with Gasteiger partial charge in [0, 0.05) is 7.05 Å². The molecular weight excluding hydrogens is 310 g/mol. The topological polar surface area (TPSA) is 42.7 Å². The van der Waals surface area contributed by atoms with Gasteiger partial charge in [0.15, 0.2) is 4.67 Å². The van der Waals surface area contributed by atoms with E-state index in [0.717, 1.165) is 5.56 Å². The molecule has 0 saturated carbocycles. The number of carbonyl (C=O) groups is 1. The summed E-state index contributed by atoms with van der Waals surface area (Å²) in [5, 5.41) is 0. The lowest BCUT2D eigenvalue weighted by atomic mass is 10.2. The van der Waals surface area contributed by atoms with Crippen molar-refractivity contribution in [3.8, 4) is 0 Å². The molecule has 2 rings (SSSR count). The van der Waals surface area contributed by atoms with Crippen LogP contribution in [0.2, 0.25) is 0 Å². The minimum Gasteiger partial charge on any atom is -0.452 e. The summed E-state index contributed by atoms with van der Waals surface area (Å²) in [5.41, 5.74) is 0.963. The third-order valence-corrected chi connectivity index (χ3v) is 2.96. The van der Waals surface area contributed by atoms with Gasteiger partial charge in [0.2, 0.25) is 0 Å². The molecule has 0 radical (unpaired) electrons. The van der Waals surface area contributed by atoms with Crippen LogP contribution in [0.25, 0.3) is 0 Å². The summed E-state index contributed by atoms with van der Waals surface area (Å²) >= 11 is 3.22. The first-order valence-electron chi connectivity index (χ1n) is 5.81. The van der Waals surface area contributed by atoms with Gasteiger partial charge in [-0.25, -0.2) is 4.79 Å². The Kier molecular flexibility index (Phi) is 4.63. The second kappa shape index (κ2) is 6.43. The molecule has 0 aliphatic heterocycles. The number of rotatable bonds is 4. The lowest BCUT2D eigenvalue weighted by molar-refractivity contribution is 0.100. The standard InChI is InChI=1S/C14H14BrNO3/c1-16(9-12-7-8-13(15)19-12)14(17)18-10-11-5-3-2-4-6-11/h2-8H,9-10H2,1H3. The van der Waals surface area contributed by atoms with E-state index >= 15 is 0 Å². The molecule has 0 spiro atoms. The fourth-order valence-corrected chi connectivity index (χ4v) is 1.90. The number of carbonyl (C=O) groups excluding carboxylic acids is 1. The molecule has 1 aromatic heterocycles. The minimum absolute atomic E-state index is 0.270. The van der Waals surface area contributed by atoms with Crippen LogP contribution in [0.3, 0.4) is 0 Å². The summed E-state index contributed by atoms with van der Waals surface area (Å²) in [7, 11) is 1.67.